The maximum atomic E-state index is 12.6. The number of hydrogen-bond acceptors (Lipinski definition) is 3. The third kappa shape index (κ3) is 6.07. The van der Waals surface area contributed by atoms with E-state index >= 15 is 0 Å². The molecule has 1 N–H and O–H groups in total. The largest absolute Gasteiger partial charge is 0.489 e. The highest BCUT2D eigenvalue weighted by atomic mass is 16.5. The molecule has 0 aliphatic heterocycles. The number of anilines is 1. The molecule has 0 heterocycles. The lowest BCUT2D eigenvalue weighted by molar-refractivity contribution is -0.112. The number of carbonyl (C=O) groups excluding carboxylic acids is 1. The fraction of sp³-hybridized carbons (Fsp3) is 0.185. The Morgan fingerprint density at radius 2 is 1.61 bits per heavy atom. The van der Waals surface area contributed by atoms with Crippen LogP contribution in [0.3, 0.4) is 0 Å². The molecule has 0 radical (unpaired) electrons. The number of rotatable bonds is 6. The standard InChI is InChI=1S/C27H26N2O2/c1-18-5-6-21(4)26(14-18)29-27(30)24(16-28)15-22-7-9-25(10-8-22)31-17-23-12-19(2)11-20(3)13-23/h5-15H,17H2,1-4H3,(H,29,30)/b24-15+. The van der Waals surface area contributed by atoms with Gasteiger partial charge < -0.3 is 10.1 Å². The quantitative estimate of drug-likeness (QED) is 0.398. The van der Waals surface area contributed by atoms with Gasteiger partial charge in [-0.05, 0) is 74.2 Å². The van der Waals surface area contributed by atoms with Crippen LogP contribution in [0.25, 0.3) is 6.08 Å². The summed E-state index contributed by atoms with van der Waals surface area (Å²) in [6.07, 6.45) is 1.58. The Morgan fingerprint density at radius 3 is 2.26 bits per heavy atom. The van der Waals surface area contributed by atoms with Gasteiger partial charge in [-0.1, -0.05) is 53.6 Å². The second-order valence-electron chi connectivity index (χ2n) is 7.80. The number of nitriles is 1. The molecule has 3 aromatic carbocycles. The smallest absolute Gasteiger partial charge is 0.266 e. The van der Waals surface area contributed by atoms with E-state index in [1.54, 1.807) is 6.08 Å². The van der Waals surface area contributed by atoms with Crippen LogP contribution < -0.4 is 10.1 Å². The highest BCUT2D eigenvalue weighted by molar-refractivity contribution is 6.10. The lowest BCUT2D eigenvalue weighted by atomic mass is 10.1. The number of carbonyl (C=O) groups is 1. The Morgan fingerprint density at radius 1 is 0.935 bits per heavy atom. The van der Waals surface area contributed by atoms with Gasteiger partial charge in [0.2, 0.25) is 0 Å². The molecule has 156 valence electrons. The molecule has 4 heteroatoms. The van der Waals surface area contributed by atoms with Crippen LogP contribution in [0, 0.1) is 39.0 Å². The van der Waals surface area contributed by atoms with Crippen LogP contribution >= 0.6 is 0 Å². The highest BCUT2D eigenvalue weighted by Crippen LogP contribution is 2.20. The number of nitrogens with one attached hydrogen (secondary N) is 1. The molecule has 0 saturated heterocycles. The molecule has 0 aliphatic carbocycles. The second-order valence-corrected chi connectivity index (χ2v) is 7.80. The predicted molar refractivity (Wildman–Crippen MR) is 125 cm³/mol. The summed E-state index contributed by atoms with van der Waals surface area (Å²) in [4.78, 5) is 12.6. The van der Waals surface area contributed by atoms with Crippen molar-refractivity contribution in [2.24, 2.45) is 0 Å². The van der Waals surface area contributed by atoms with Crippen molar-refractivity contribution in [2.45, 2.75) is 34.3 Å². The molecule has 0 spiro atoms. The zero-order valence-corrected chi connectivity index (χ0v) is 18.3. The maximum absolute atomic E-state index is 12.6. The van der Waals surface area contributed by atoms with E-state index in [-0.39, 0.29) is 5.57 Å². The Kier molecular flexibility index (Phi) is 6.89. The third-order valence-electron chi connectivity index (χ3n) is 4.88. The van der Waals surface area contributed by atoms with Crippen LogP contribution in [0.5, 0.6) is 5.75 Å². The van der Waals surface area contributed by atoms with Gasteiger partial charge in [0.1, 0.15) is 24.0 Å². The first-order valence-corrected chi connectivity index (χ1v) is 10.1. The summed E-state index contributed by atoms with van der Waals surface area (Å²) in [5.74, 6) is 0.306. The van der Waals surface area contributed by atoms with Crippen LogP contribution in [0.15, 0.2) is 66.2 Å². The molecule has 4 nitrogen and oxygen atoms in total. The fourth-order valence-corrected chi connectivity index (χ4v) is 3.35. The van der Waals surface area contributed by atoms with Crippen LogP contribution in [-0.2, 0) is 11.4 Å². The molecule has 0 bridgehead atoms. The van der Waals surface area contributed by atoms with E-state index in [0.29, 0.717) is 12.3 Å². The number of hydrogen-bond donors (Lipinski definition) is 1. The lowest BCUT2D eigenvalue weighted by Crippen LogP contribution is -2.14. The van der Waals surface area contributed by atoms with Crippen LogP contribution in [0.4, 0.5) is 5.69 Å². The Labute approximate surface area is 183 Å². The number of ether oxygens (including phenoxy) is 1. The zero-order valence-electron chi connectivity index (χ0n) is 18.3. The van der Waals surface area contributed by atoms with Crippen molar-refractivity contribution in [2.75, 3.05) is 5.32 Å². The molecule has 3 aromatic rings. The van der Waals surface area contributed by atoms with Gasteiger partial charge in [-0.2, -0.15) is 5.26 Å². The highest BCUT2D eigenvalue weighted by Gasteiger charge is 2.11. The Balaban J connectivity index is 1.68. The normalized spacial score (nSPS) is 11.0. The van der Waals surface area contributed by atoms with Gasteiger partial charge in [0.25, 0.3) is 5.91 Å². The van der Waals surface area contributed by atoms with Crippen LogP contribution in [0.1, 0.15) is 33.4 Å². The molecule has 0 fully saturated rings. The molecule has 0 aromatic heterocycles. The molecule has 31 heavy (non-hydrogen) atoms. The van der Waals surface area contributed by atoms with Gasteiger partial charge in [-0.25, -0.2) is 0 Å². The van der Waals surface area contributed by atoms with Crippen molar-refractivity contribution in [3.8, 4) is 11.8 Å². The van der Waals surface area contributed by atoms with Gasteiger partial charge in [0.05, 0.1) is 0 Å². The number of amides is 1. The SMILES string of the molecule is Cc1cc(C)cc(COc2ccc(/C=C(\C#N)C(=O)Nc3cc(C)ccc3C)cc2)c1. The van der Waals surface area contributed by atoms with E-state index in [0.717, 1.165) is 28.0 Å². The number of aryl methyl sites for hydroxylation is 4. The third-order valence-corrected chi connectivity index (χ3v) is 4.88. The minimum absolute atomic E-state index is 0.0461. The first kappa shape index (κ1) is 21.9. The fourth-order valence-electron chi connectivity index (χ4n) is 3.35. The Hall–Kier alpha value is -3.84. The molecule has 0 unspecified atom stereocenters. The topological polar surface area (TPSA) is 62.1 Å². The van der Waals surface area contributed by atoms with Crippen LogP contribution in [0.2, 0.25) is 0 Å². The molecular formula is C27H26N2O2. The molecule has 3 rings (SSSR count). The second kappa shape index (κ2) is 9.77. The maximum Gasteiger partial charge on any atom is 0.266 e. The summed E-state index contributed by atoms with van der Waals surface area (Å²) in [6.45, 7) is 8.50. The molecule has 0 aliphatic rings. The summed E-state index contributed by atoms with van der Waals surface area (Å²) in [7, 11) is 0. The van der Waals surface area contributed by atoms with E-state index in [2.05, 4.69) is 37.4 Å². The van der Waals surface area contributed by atoms with Gasteiger partial charge in [0.15, 0.2) is 0 Å². The number of benzene rings is 3. The van der Waals surface area contributed by atoms with Crippen molar-refractivity contribution < 1.29 is 9.53 Å². The summed E-state index contributed by atoms with van der Waals surface area (Å²) in [5, 5.41) is 12.3. The van der Waals surface area contributed by atoms with Gasteiger partial charge in [0, 0.05) is 5.69 Å². The van der Waals surface area contributed by atoms with Gasteiger partial charge in [-0.15, -0.1) is 0 Å². The Bertz CT molecular complexity index is 1150. The zero-order chi connectivity index (χ0) is 22.4. The monoisotopic (exact) mass is 410 g/mol. The van der Waals surface area contributed by atoms with Gasteiger partial charge in [-0.3, -0.25) is 4.79 Å². The van der Waals surface area contributed by atoms with E-state index in [1.807, 2.05) is 62.4 Å². The van der Waals surface area contributed by atoms with E-state index < -0.39 is 5.91 Å². The summed E-state index contributed by atoms with van der Waals surface area (Å²) in [6, 6.07) is 21.5. The number of nitrogens with zero attached hydrogens (tertiary/aromatic N) is 1. The minimum atomic E-state index is -0.425. The van der Waals surface area contributed by atoms with E-state index in [9.17, 15) is 10.1 Å². The molecule has 0 saturated carbocycles. The van der Waals surface area contributed by atoms with Crippen LogP contribution in [-0.4, -0.2) is 5.91 Å². The lowest BCUT2D eigenvalue weighted by Gasteiger charge is -2.09. The predicted octanol–water partition coefficient (Wildman–Crippen LogP) is 6.04. The first-order chi connectivity index (χ1) is 14.8. The summed E-state index contributed by atoms with van der Waals surface area (Å²) in [5.41, 5.74) is 7.04. The molecule has 1 amide bonds. The molecule has 0 atom stereocenters. The van der Waals surface area contributed by atoms with Crippen molar-refractivity contribution in [3.05, 3.63) is 99.6 Å². The van der Waals surface area contributed by atoms with Crippen molar-refractivity contribution in [3.63, 3.8) is 0 Å². The van der Waals surface area contributed by atoms with Crippen molar-refractivity contribution in [1.82, 2.24) is 0 Å². The summed E-state index contributed by atoms with van der Waals surface area (Å²) < 4.78 is 5.87. The first-order valence-electron chi connectivity index (χ1n) is 10.1. The summed E-state index contributed by atoms with van der Waals surface area (Å²) >= 11 is 0. The minimum Gasteiger partial charge on any atom is -0.489 e. The van der Waals surface area contributed by atoms with Gasteiger partial charge >= 0.3 is 0 Å². The molecular weight excluding hydrogens is 384 g/mol. The average molecular weight is 411 g/mol. The average Bonchev–Trinajstić information content (AvgIpc) is 2.73. The van der Waals surface area contributed by atoms with E-state index in [4.69, 9.17) is 4.74 Å². The van der Waals surface area contributed by atoms with E-state index in [1.165, 1.54) is 11.1 Å². The van der Waals surface area contributed by atoms with Crippen molar-refractivity contribution in [1.29, 1.82) is 5.26 Å². The van der Waals surface area contributed by atoms with Crippen molar-refractivity contribution >= 4 is 17.7 Å².